The summed E-state index contributed by atoms with van der Waals surface area (Å²) in [6, 6.07) is 0. The highest BCUT2D eigenvalue weighted by atomic mass is 16.4. The Balaban J connectivity index is 2.25. The van der Waals surface area contributed by atoms with Gasteiger partial charge in [-0.2, -0.15) is 5.10 Å². The molecule has 3 N–H and O–H groups in total. The van der Waals surface area contributed by atoms with Crippen molar-refractivity contribution in [2.45, 2.75) is 40.5 Å². The van der Waals surface area contributed by atoms with Crippen molar-refractivity contribution in [3.05, 3.63) is 11.3 Å². The van der Waals surface area contributed by atoms with Gasteiger partial charge in [0.15, 0.2) is 5.84 Å². The summed E-state index contributed by atoms with van der Waals surface area (Å²) in [6.45, 7) is 10.8. The lowest BCUT2D eigenvalue weighted by atomic mass is 9.75. The number of oxime groups is 1. The molecular weight excluding hydrogens is 266 g/mol. The van der Waals surface area contributed by atoms with Crippen LogP contribution >= 0.6 is 0 Å². The summed E-state index contributed by atoms with van der Waals surface area (Å²) in [5.41, 5.74) is 7.72. The molecule has 6 heteroatoms. The lowest BCUT2D eigenvalue weighted by Gasteiger charge is -2.39. The zero-order valence-corrected chi connectivity index (χ0v) is 13.7. The van der Waals surface area contributed by atoms with Crippen LogP contribution in [-0.4, -0.2) is 33.9 Å². The average molecular weight is 293 g/mol. The maximum absolute atomic E-state index is 9.00. The number of piperidine rings is 1. The highest BCUT2D eigenvalue weighted by Gasteiger charge is 2.31. The van der Waals surface area contributed by atoms with E-state index in [1.54, 1.807) is 0 Å². The first-order valence-corrected chi connectivity index (χ1v) is 7.52. The van der Waals surface area contributed by atoms with Gasteiger partial charge in [0, 0.05) is 20.1 Å². The van der Waals surface area contributed by atoms with E-state index in [2.05, 4.69) is 35.9 Å². The summed E-state index contributed by atoms with van der Waals surface area (Å²) >= 11 is 0. The predicted molar refractivity (Wildman–Crippen MR) is 84.8 cm³/mol. The maximum atomic E-state index is 9.00. The van der Waals surface area contributed by atoms with Gasteiger partial charge in [0.1, 0.15) is 5.82 Å². The van der Waals surface area contributed by atoms with Gasteiger partial charge < -0.3 is 15.8 Å². The van der Waals surface area contributed by atoms with E-state index in [1.807, 2.05) is 18.7 Å². The van der Waals surface area contributed by atoms with Crippen molar-refractivity contribution < 1.29 is 5.21 Å². The van der Waals surface area contributed by atoms with Crippen molar-refractivity contribution in [3.8, 4) is 0 Å². The molecule has 0 bridgehead atoms. The molecule has 118 valence electrons. The summed E-state index contributed by atoms with van der Waals surface area (Å²) in [7, 11) is 1.91. The molecule has 0 aromatic carbocycles. The Morgan fingerprint density at radius 2 is 1.90 bits per heavy atom. The molecule has 0 radical (unpaired) electrons. The Labute approximate surface area is 126 Å². The van der Waals surface area contributed by atoms with Gasteiger partial charge in [0.2, 0.25) is 0 Å². The maximum Gasteiger partial charge on any atom is 0.175 e. The van der Waals surface area contributed by atoms with Crippen molar-refractivity contribution in [1.82, 2.24) is 9.78 Å². The number of rotatable bonds is 2. The second-order valence-corrected chi connectivity index (χ2v) is 7.02. The number of amidine groups is 1. The molecule has 6 nitrogen and oxygen atoms in total. The SMILES string of the molecule is Cc1nn(C)c(N2CCC(C(C)(C)C)CC2)c1C(N)=NO. The lowest BCUT2D eigenvalue weighted by Crippen LogP contribution is -2.39. The number of hydrogen-bond acceptors (Lipinski definition) is 4. The number of aromatic nitrogens is 2. The Kier molecular flexibility index (Phi) is 4.16. The van der Waals surface area contributed by atoms with Crippen molar-refractivity contribution in [2.24, 2.45) is 29.3 Å². The van der Waals surface area contributed by atoms with E-state index >= 15 is 0 Å². The fourth-order valence-corrected chi connectivity index (χ4v) is 3.32. The van der Waals surface area contributed by atoms with Gasteiger partial charge in [-0.1, -0.05) is 25.9 Å². The molecule has 0 unspecified atom stereocenters. The van der Waals surface area contributed by atoms with E-state index < -0.39 is 0 Å². The molecular formula is C15H27N5O. The van der Waals surface area contributed by atoms with Crippen LogP contribution in [0.3, 0.4) is 0 Å². The van der Waals surface area contributed by atoms with Gasteiger partial charge in [0.25, 0.3) is 0 Å². The zero-order chi connectivity index (χ0) is 15.8. The van der Waals surface area contributed by atoms with Crippen molar-refractivity contribution in [2.75, 3.05) is 18.0 Å². The van der Waals surface area contributed by atoms with E-state index in [-0.39, 0.29) is 5.84 Å². The molecule has 0 saturated carbocycles. The Morgan fingerprint density at radius 3 is 2.38 bits per heavy atom. The second-order valence-electron chi connectivity index (χ2n) is 7.02. The molecule has 1 saturated heterocycles. The molecule has 1 aliphatic rings. The summed E-state index contributed by atoms with van der Waals surface area (Å²) in [6.07, 6.45) is 2.31. The molecule has 1 aromatic heterocycles. The normalized spacial score (nSPS) is 18.3. The third-order valence-corrected chi connectivity index (χ3v) is 4.58. The minimum absolute atomic E-state index is 0.133. The second kappa shape index (κ2) is 5.58. The van der Waals surface area contributed by atoms with Crippen LogP contribution in [0.2, 0.25) is 0 Å². The lowest BCUT2D eigenvalue weighted by molar-refractivity contribution is 0.198. The molecule has 0 aliphatic carbocycles. The van der Waals surface area contributed by atoms with Crippen LogP contribution in [0.5, 0.6) is 0 Å². The summed E-state index contributed by atoms with van der Waals surface area (Å²) in [5.74, 6) is 1.82. The highest BCUT2D eigenvalue weighted by molar-refractivity contribution is 6.02. The van der Waals surface area contributed by atoms with E-state index in [1.165, 1.54) is 0 Å². The van der Waals surface area contributed by atoms with Crippen molar-refractivity contribution in [3.63, 3.8) is 0 Å². The number of aryl methyl sites for hydroxylation is 2. The summed E-state index contributed by atoms with van der Waals surface area (Å²) in [4.78, 5) is 2.30. The Bertz CT molecular complexity index is 533. The minimum Gasteiger partial charge on any atom is -0.409 e. The van der Waals surface area contributed by atoms with E-state index in [4.69, 9.17) is 10.9 Å². The van der Waals surface area contributed by atoms with E-state index in [0.29, 0.717) is 5.41 Å². The molecule has 1 aromatic rings. The third-order valence-electron chi connectivity index (χ3n) is 4.58. The summed E-state index contributed by atoms with van der Waals surface area (Å²) in [5, 5.41) is 16.6. The van der Waals surface area contributed by atoms with Crippen LogP contribution in [0, 0.1) is 18.3 Å². The molecule has 1 aliphatic heterocycles. The third kappa shape index (κ3) is 2.99. The highest BCUT2D eigenvalue weighted by Crippen LogP contribution is 2.36. The van der Waals surface area contributed by atoms with Crippen LogP contribution < -0.4 is 10.6 Å². The molecule has 21 heavy (non-hydrogen) atoms. The fourth-order valence-electron chi connectivity index (χ4n) is 3.32. The molecule has 2 heterocycles. The standard InChI is InChI=1S/C15H27N5O/c1-10-12(13(16)18-21)14(19(5)17-10)20-8-6-11(7-9-20)15(2,3)4/h11,21H,6-9H2,1-5H3,(H2,16,18). The number of anilines is 1. The quantitative estimate of drug-likeness (QED) is 0.379. The van der Waals surface area contributed by atoms with Gasteiger partial charge in [-0.05, 0) is 31.1 Å². The van der Waals surface area contributed by atoms with Gasteiger partial charge in [-0.3, -0.25) is 4.68 Å². The van der Waals surface area contributed by atoms with Crippen LogP contribution in [0.1, 0.15) is 44.9 Å². The van der Waals surface area contributed by atoms with Crippen LogP contribution in [0.15, 0.2) is 5.16 Å². The average Bonchev–Trinajstić information content (AvgIpc) is 2.71. The smallest absolute Gasteiger partial charge is 0.175 e. The van der Waals surface area contributed by atoms with Crippen LogP contribution in [-0.2, 0) is 7.05 Å². The van der Waals surface area contributed by atoms with Crippen molar-refractivity contribution >= 4 is 11.7 Å². The molecule has 0 spiro atoms. The topological polar surface area (TPSA) is 79.7 Å². The number of nitrogens with zero attached hydrogens (tertiary/aromatic N) is 4. The molecule has 0 amide bonds. The number of nitrogens with two attached hydrogens (primary N) is 1. The first kappa shape index (κ1) is 15.7. The van der Waals surface area contributed by atoms with Gasteiger partial charge in [-0.25, -0.2) is 0 Å². The minimum atomic E-state index is 0.133. The fraction of sp³-hybridized carbons (Fsp3) is 0.733. The predicted octanol–water partition coefficient (Wildman–Crippen LogP) is 2.09. The van der Waals surface area contributed by atoms with Crippen molar-refractivity contribution in [1.29, 1.82) is 0 Å². The Morgan fingerprint density at radius 1 is 1.33 bits per heavy atom. The zero-order valence-electron chi connectivity index (χ0n) is 13.7. The largest absolute Gasteiger partial charge is 0.409 e. The number of hydrogen-bond donors (Lipinski definition) is 2. The van der Waals surface area contributed by atoms with Gasteiger partial charge in [-0.15, -0.1) is 0 Å². The summed E-state index contributed by atoms with van der Waals surface area (Å²) < 4.78 is 1.83. The molecule has 0 atom stereocenters. The first-order chi connectivity index (χ1) is 9.75. The monoisotopic (exact) mass is 293 g/mol. The van der Waals surface area contributed by atoms with Crippen LogP contribution in [0.4, 0.5) is 5.82 Å². The first-order valence-electron chi connectivity index (χ1n) is 7.52. The molecule has 2 rings (SSSR count). The van der Waals surface area contributed by atoms with Gasteiger partial charge >= 0.3 is 0 Å². The molecule has 1 fully saturated rings. The van der Waals surface area contributed by atoms with Gasteiger partial charge in [0.05, 0.1) is 11.3 Å². The van der Waals surface area contributed by atoms with E-state index in [9.17, 15) is 0 Å². The van der Waals surface area contributed by atoms with E-state index in [0.717, 1.165) is 48.9 Å². The van der Waals surface area contributed by atoms with Crippen LogP contribution in [0.25, 0.3) is 0 Å². The Hall–Kier alpha value is -1.72.